The molecule has 5 nitrogen and oxygen atoms in total. The van der Waals surface area contributed by atoms with Gasteiger partial charge in [0.15, 0.2) is 0 Å². The number of aromatic nitrogens is 1. The molecule has 1 fully saturated rings. The van der Waals surface area contributed by atoms with Gasteiger partial charge in [-0.2, -0.15) is 0 Å². The Morgan fingerprint density at radius 2 is 2.04 bits per heavy atom. The average Bonchev–Trinajstić information content (AvgIpc) is 3.07. The number of hydrogen-bond donors (Lipinski definition) is 1. The quantitative estimate of drug-likeness (QED) is 0.687. The van der Waals surface area contributed by atoms with Crippen LogP contribution in [0.2, 0.25) is 0 Å². The lowest BCUT2D eigenvalue weighted by Gasteiger charge is -2.20. The Labute approximate surface area is 171 Å². The maximum absolute atomic E-state index is 12.2. The summed E-state index contributed by atoms with van der Waals surface area (Å²) in [6, 6.07) is 8.42. The first-order valence-corrected chi connectivity index (χ1v) is 11.1. The first-order valence-electron chi connectivity index (χ1n) is 10.2. The van der Waals surface area contributed by atoms with Gasteiger partial charge >= 0.3 is 0 Å². The van der Waals surface area contributed by atoms with Gasteiger partial charge in [0.2, 0.25) is 11.8 Å². The molecule has 1 aromatic heterocycles. The van der Waals surface area contributed by atoms with Gasteiger partial charge in [-0.25, -0.2) is 4.98 Å². The summed E-state index contributed by atoms with van der Waals surface area (Å²) in [6.07, 6.45) is 6.01. The van der Waals surface area contributed by atoms with E-state index in [1.807, 2.05) is 10.3 Å². The second kappa shape index (κ2) is 10.4. The summed E-state index contributed by atoms with van der Waals surface area (Å²) < 4.78 is 0. The van der Waals surface area contributed by atoms with E-state index in [-0.39, 0.29) is 11.8 Å². The molecular weight excluding hydrogens is 370 g/mol. The topological polar surface area (TPSA) is 62.3 Å². The van der Waals surface area contributed by atoms with E-state index in [0.29, 0.717) is 19.4 Å². The maximum atomic E-state index is 12.2. The second-order valence-electron chi connectivity index (χ2n) is 7.27. The van der Waals surface area contributed by atoms with Crippen LogP contribution in [-0.2, 0) is 22.4 Å². The van der Waals surface area contributed by atoms with Gasteiger partial charge in [0, 0.05) is 37.0 Å². The zero-order chi connectivity index (χ0) is 19.8. The van der Waals surface area contributed by atoms with Gasteiger partial charge in [-0.05, 0) is 31.2 Å². The minimum atomic E-state index is -0.0135. The number of nitrogens with zero attached hydrogens (tertiary/aromatic N) is 2. The molecule has 1 aliphatic rings. The van der Waals surface area contributed by atoms with Crippen LogP contribution >= 0.6 is 11.3 Å². The molecule has 1 aliphatic heterocycles. The van der Waals surface area contributed by atoms with Crippen molar-refractivity contribution < 1.29 is 9.59 Å². The van der Waals surface area contributed by atoms with Crippen LogP contribution in [0.3, 0.4) is 0 Å². The van der Waals surface area contributed by atoms with Crippen molar-refractivity contribution >= 4 is 23.2 Å². The molecule has 3 rings (SSSR count). The van der Waals surface area contributed by atoms with Crippen molar-refractivity contribution in [2.75, 3.05) is 19.6 Å². The molecule has 0 saturated carbocycles. The zero-order valence-corrected chi connectivity index (χ0v) is 17.4. The predicted octanol–water partition coefficient (Wildman–Crippen LogP) is 3.82. The van der Waals surface area contributed by atoms with Gasteiger partial charge in [0.1, 0.15) is 5.01 Å². The summed E-state index contributed by atoms with van der Waals surface area (Å²) >= 11 is 1.57. The van der Waals surface area contributed by atoms with E-state index >= 15 is 0 Å². The lowest BCUT2D eigenvalue weighted by molar-refractivity contribution is -0.130. The third-order valence-corrected chi connectivity index (χ3v) is 6.04. The highest BCUT2D eigenvalue weighted by Crippen LogP contribution is 2.24. The van der Waals surface area contributed by atoms with Gasteiger partial charge < -0.3 is 10.2 Å². The number of nitrogens with one attached hydrogen (secondary N) is 1. The molecule has 150 valence electrons. The van der Waals surface area contributed by atoms with E-state index < -0.39 is 0 Å². The van der Waals surface area contributed by atoms with Gasteiger partial charge in [-0.1, -0.05) is 37.6 Å². The highest BCUT2D eigenvalue weighted by molar-refractivity contribution is 7.13. The average molecular weight is 400 g/mol. The number of likely N-dealkylation sites (tertiary alicyclic amines) is 1. The van der Waals surface area contributed by atoms with Gasteiger partial charge in [-0.15, -0.1) is 11.3 Å². The molecule has 0 spiro atoms. The molecular formula is C22H29N3O2S. The van der Waals surface area contributed by atoms with Crippen molar-refractivity contribution in [2.45, 2.75) is 51.9 Å². The van der Waals surface area contributed by atoms with Crippen molar-refractivity contribution in [1.82, 2.24) is 15.2 Å². The molecule has 28 heavy (non-hydrogen) atoms. The Morgan fingerprint density at radius 1 is 1.21 bits per heavy atom. The molecule has 1 saturated heterocycles. The Morgan fingerprint density at radius 3 is 2.82 bits per heavy atom. The fraction of sp³-hybridized carbons (Fsp3) is 0.500. The molecule has 0 aliphatic carbocycles. The third-order valence-electron chi connectivity index (χ3n) is 5.10. The number of carbonyl (C=O) groups excluding carboxylic acids is 2. The van der Waals surface area contributed by atoms with E-state index in [4.69, 9.17) is 0 Å². The Hall–Kier alpha value is -2.21. The van der Waals surface area contributed by atoms with Crippen molar-refractivity contribution in [3.05, 3.63) is 40.9 Å². The SMILES string of the molecule is CCc1ccc(-c2nc(CC(=O)NCCCN3CCCCCC3=O)cs2)cc1. The largest absolute Gasteiger partial charge is 0.356 e. The van der Waals surface area contributed by atoms with Crippen LogP contribution in [0.4, 0.5) is 0 Å². The number of benzene rings is 1. The number of rotatable bonds is 8. The monoisotopic (exact) mass is 399 g/mol. The summed E-state index contributed by atoms with van der Waals surface area (Å²) in [5, 5.41) is 5.86. The van der Waals surface area contributed by atoms with Crippen molar-refractivity contribution in [3.8, 4) is 10.6 Å². The van der Waals surface area contributed by atoms with E-state index in [2.05, 4.69) is 41.5 Å². The molecule has 1 aromatic carbocycles. The van der Waals surface area contributed by atoms with Gasteiger partial charge in [0.05, 0.1) is 12.1 Å². The minimum absolute atomic E-state index is 0.0135. The smallest absolute Gasteiger partial charge is 0.226 e. The van der Waals surface area contributed by atoms with E-state index in [9.17, 15) is 9.59 Å². The van der Waals surface area contributed by atoms with E-state index in [0.717, 1.165) is 61.5 Å². The predicted molar refractivity (Wildman–Crippen MR) is 113 cm³/mol. The van der Waals surface area contributed by atoms with Gasteiger partial charge in [0.25, 0.3) is 0 Å². The van der Waals surface area contributed by atoms with Crippen LogP contribution in [0, 0.1) is 0 Å². The molecule has 1 N–H and O–H groups in total. The van der Waals surface area contributed by atoms with Crippen LogP contribution in [-0.4, -0.2) is 41.3 Å². The number of amides is 2. The standard InChI is InChI=1S/C22H29N3O2S/c1-2-17-8-10-18(11-9-17)22-24-19(16-28-22)15-20(26)23-12-6-14-25-13-5-3-4-7-21(25)27/h8-11,16H,2-7,12-15H2,1H3,(H,23,26). The molecule has 6 heteroatoms. The maximum Gasteiger partial charge on any atom is 0.226 e. The molecule has 0 atom stereocenters. The number of hydrogen-bond acceptors (Lipinski definition) is 4. The first-order chi connectivity index (χ1) is 13.7. The highest BCUT2D eigenvalue weighted by Gasteiger charge is 2.16. The zero-order valence-electron chi connectivity index (χ0n) is 16.6. The summed E-state index contributed by atoms with van der Waals surface area (Å²) in [6.45, 7) is 4.32. The molecule has 2 heterocycles. The van der Waals surface area contributed by atoms with Gasteiger partial charge in [-0.3, -0.25) is 9.59 Å². The minimum Gasteiger partial charge on any atom is -0.356 e. The Balaban J connectivity index is 1.41. The summed E-state index contributed by atoms with van der Waals surface area (Å²) in [7, 11) is 0. The number of thiazole rings is 1. The normalized spacial score (nSPS) is 14.8. The third kappa shape index (κ3) is 5.89. The Kier molecular flexibility index (Phi) is 7.60. The fourth-order valence-electron chi connectivity index (χ4n) is 3.40. The van der Waals surface area contributed by atoms with Crippen LogP contribution in [0.15, 0.2) is 29.6 Å². The number of carbonyl (C=O) groups is 2. The molecule has 0 radical (unpaired) electrons. The summed E-state index contributed by atoms with van der Waals surface area (Å²) in [4.78, 5) is 30.7. The van der Waals surface area contributed by atoms with Crippen LogP contribution in [0.5, 0.6) is 0 Å². The second-order valence-corrected chi connectivity index (χ2v) is 8.12. The van der Waals surface area contributed by atoms with E-state index in [1.165, 1.54) is 5.56 Å². The summed E-state index contributed by atoms with van der Waals surface area (Å²) in [5.41, 5.74) is 3.21. The lowest BCUT2D eigenvalue weighted by Crippen LogP contribution is -2.34. The molecule has 2 amide bonds. The van der Waals surface area contributed by atoms with Crippen molar-refractivity contribution in [3.63, 3.8) is 0 Å². The van der Waals surface area contributed by atoms with E-state index in [1.54, 1.807) is 11.3 Å². The van der Waals surface area contributed by atoms with Crippen molar-refractivity contribution in [2.24, 2.45) is 0 Å². The lowest BCUT2D eigenvalue weighted by atomic mass is 10.1. The molecule has 0 unspecified atom stereocenters. The molecule has 0 bridgehead atoms. The van der Waals surface area contributed by atoms with Crippen LogP contribution in [0.25, 0.3) is 10.6 Å². The fourth-order valence-corrected chi connectivity index (χ4v) is 4.23. The van der Waals surface area contributed by atoms with Crippen LogP contribution in [0.1, 0.15) is 50.3 Å². The first kappa shape index (κ1) is 20.5. The summed E-state index contributed by atoms with van der Waals surface area (Å²) in [5.74, 6) is 0.242. The van der Waals surface area contributed by atoms with Crippen molar-refractivity contribution in [1.29, 1.82) is 0 Å². The highest BCUT2D eigenvalue weighted by atomic mass is 32.1. The van der Waals surface area contributed by atoms with Crippen LogP contribution < -0.4 is 5.32 Å². The number of aryl methyl sites for hydroxylation is 1. The Bertz CT molecular complexity index is 785. The molecule has 2 aromatic rings.